The number of benzene rings is 1. The van der Waals surface area contributed by atoms with Crippen LogP contribution in [0.2, 0.25) is 0 Å². The van der Waals surface area contributed by atoms with Crippen molar-refractivity contribution in [3.8, 4) is 11.5 Å². The molecule has 36 heavy (non-hydrogen) atoms. The molecule has 6 aliphatic rings. The Morgan fingerprint density at radius 3 is 2.33 bits per heavy atom. The number of fused-ring (bicyclic) bond motifs is 2. The fourth-order valence-electron chi connectivity index (χ4n) is 7.87. The van der Waals surface area contributed by atoms with Crippen LogP contribution >= 0.6 is 0 Å². The summed E-state index contributed by atoms with van der Waals surface area (Å²) in [6.45, 7) is 2.80. The molecule has 3 saturated heterocycles. The lowest BCUT2D eigenvalue weighted by Crippen LogP contribution is -2.69. The molecular formula is C23H40N2O11. The average molecular weight is 521 g/mol. The predicted octanol–water partition coefficient (Wildman–Crippen LogP) is -3.66. The van der Waals surface area contributed by atoms with Crippen molar-refractivity contribution in [2.24, 2.45) is 11.8 Å². The summed E-state index contributed by atoms with van der Waals surface area (Å²) in [6, 6.07) is 4.87. The van der Waals surface area contributed by atoms with Gasteiger partial charge < -0.3 is 57.4 Å². The number of anilines is 1. The molecule has 13 nitrogen and oxygen atoms in total. The highest BCUT2D eigenvalue weighted by molar-refractivity contribution is 5.99. The first-order chi connectivity index (χ1) is 14.2. The van der Waals surface area contributed by atoms with Crippen LogP contribution in [-0.4, -0.2) is 101 Å². The monoisotopic (exact) mass is 520 g/mol. The van der Waals surface area contributed by atoms with Gasteiger partial charge >= 0.3 is 0 Å². The quantitative estimate of drug-likeness (QED) is 0.355. The van der Waals surface area contributed by atoms with Crippen molar-refractivity contribution in [1.82, 2.24) is 4.90 Å². The maximum atomic E-state index is 13.5. The van der Waals surface area contributed by atoms with Gasteiger partial charge in [-0.05, 0) is 36.9 Å². The van der Waals surface area contributed by atoms with E-state index in [1.165, 1.54) is 12.0 Å². The standard InChI is InChI=1S/C23H26N2O4.7H2O/c1-27-16-8-14-15(9-17(16)28-2)25-20(26)10-18-21-13-7-19-23(14,22(21)25)4-5-24(19)11-12(13)3-6-29-18;;;;;;;/h3,8-9,13,18-19,21-22H,4-7,10-11H2,1-2H3;7*1H2/t13-,18-,19-,21-,22-,23+;;;;;;;/m0......./s1. The minimum absolute atomic E-state index is 0. The number of hydrogen-bond acceptors (Lipinski definition) is 5. The zero-order chi connectivity index (χ0) is 19.5. The summed E-state index contributed by atoms with van der Waals surface area (Å²) in [5.74, 6) is 2.57. The highest BCUT2D eigenvalue weighted by atomic mass is 16.5. The largest absolute Gasteiger partial charge is 0.493 e. The summed E-state index contributed by atoms with van der Waals surface area (Å²) in [6.07, 6.45) is 5.11. The molecule has 13 heteroatoms. The Labute approximate surface area is 208 Å². The maximum absolute atomic E-state index is 13.5. The topological polar surface area (TPSA) is 272 Å². The highest BCUT2D eigenvalue weighted by Crippen LogP contribution is 2.66. The van der Waals surface area contributed by atoms with Gasteiger partial charge in [0.25, 0.3) is 0 Å². The van der Waals surface area contributed by atoms with Crippen molar-refractivity contribution in [1.29, 1.82) is 0 Å². The van der Waals surface area contributed by atoms with Crippen LogP contribution in [0.15, 0.2) is 23.8 Å². The average Bonchev–Trinajstić information content (AvgIpc) is 3.20. The Hall–Kier alpha value is -2.33. The van der Waals surface area contributed by atoms with E-state index in [-0.39, 0.29) is 61.8 Å². The molecule has 1 spiro atoms. The second kappa shape index (κ2) is 11.0. The summed E-state index contributed by atoms with van der Waals surface area (Å²) in [4.78, 5) is 18.3. The lowest BCUT2D eigenvalue weighted by molar-refractivity contribution is -0.132. The van der Waals surface area contributed by atoms with Gasteiger partial charge in [0.05, 0.1) is 45.1 Å². The number of carbonyl (C=O) groups excluding carboxylic acids is 1. The number of carbonyl (C=O) groups is 1. The van der Waals surface area contributed by atoms with E-state index < -0.39 is 0 Å². The molecule has 1 amide bonds. The van der Waals surface area contributed by atoms with E-state index in [4.69, 9.17) is 14.2 Å². The molecule has 7 rings (SSSR count). The van der Waals surface area contributed by atoms with E-state index in [1.807, 2.05) is 6.07 Å². The van der Waals surface area contributed by atoms with Gasteiger partial charge in [-0.25, -0.2) is 0 Å². The van der Waals surface area contributed by atoms with Crippen LogP contribution in [0, 0.1) is 11.8 Å². The number of amides is 1. The van der Waals surface area contributed by atoms with Crippen LogP contribution in [0.3, 0.4) is 0 Å². The Morgan fingerprint density at radius 1 is 1.00 bits per heavy atom. The van der Waals surface area contributed by atoms with E-state index in [1.54, 1.807) is 19.8 Å². The Morgan fingerprint density at radius 2 is 1.67 bits per heavy atom. The van der Waals surface area contributed by atoms with Crippen molar-refractivity contribution >= 4 is 11.6 Å². The molecule has 4 fully saturated rings. The van der Waals surface area contributed by atoms with Crippen LogP contribution in [0.5, 0.6) is 11.5 Å². The van der Waals surface area contributed by atoms with Crippen LogP contribution in [0.1, 0.15) is 24.8 Å². The third-order valence-corrected chi connectivity index (χ3v) is 8.81. The highest BCUT2D eigenvalue weighted by Gasteiger charge is 2.71. The van der Waals surface area contributed by atoms with Crippen molar-refractivity contribution in [2.45, 2.75) is 42.9 Å². The molecule has 2 bridgehead atoms. The number of ether oxygens (including phenoxy) is 3. The van der Waals surface area contributed by atoms with E-state index >= 15 is 0 Å². The summed E-state index contributed by atoms with van der Waals surface area (Å²) >= 11 is 0. The number of hydrogen-bond donors (Lipinski definition) is 0. The van der Waals surface area contributed by atoms with Gasteiger partial charge in [0.1, 0.15) is 0 Å². The molecule has 208 valence electrons. The minimum atomic E-state index is -0.0242. The molecule has 1 aromatic rings. The fraction of sp³-hybridized carbons (Fsp3) is 0.609. The lowest BCUT2D eigenvalue weighted by Gasteiger charge is -2.58. The van der Waals surface area contributed by atoms with Gasteiger partial charge in [0.2, 0.25) is 5.91 Å². The van der Waals surface area contributed by atoms with Crippen molar-refractivity contribution < 1.29 is 57.3 Å². The minimum Gasteiger partial charge on any atom is -0.493 e. The zero-order valence-electron chi connectivity index (χ0n) is 20.4. The first-order valence-corrected chi connectivity index (χ1v) is 10.8. The van der Waals surface area contributed by atoms with E-state index in [2.05, 4.69) is 21.9 Å². The number of piperidine rings is 2. The Bertz CT molecular complexity index is 989. The van der Waals surface area contributed by atoms with E-state index in [0.29, 0.717) is 36.7 Å². The first kappa shape index (κ1) is 33.7. The van der Waals surface area contributed by atoms with Crippen LogP contribution in [0.25, 0.3) is 0 Å². The molecule has 5 aliphatic heterocycles. The van der Waals surface area contributed by atoms with Crippen molar-refractivity contribution in [3.05, 3.63) is 29.3 Å². The summed E-state index contributed by atoms with van der Waals surface area (Å²) in [5.41, 5.74) is 3.85. The van der Waals surface area contributed by atoms with Gasteiger partial charge in [-0.3, -0.25) is 9.69 Å². The van der Waals surface area contributed by atoms with Gasteiger partial charge in [-0.1, -0.05) is 11.6 Å². The Balaban J connectivity index is 0.00000175. The second-order valence-electron chi connectivity index (χ2n) is 9.48. The normalized spacial score (nSPS) is 33.1. The number of rotatable bonds is 2. The molecule has 6 atom stereocenters. The van der Waals surface area contributed by atoms with Crippen molar-refractivity contribution in [2.75, 3.05) is 38.8 Å². The third-order valence-electron chi connectivity index (χ3n) is 8.81. The van der Waals surface area contributed by atoms with E-state index in [9.17, 15) is 4.79 Å². The van der Waals surface area contributed by atoms with Crippen LogP contribution in [0.4, 0.5) is 5.69 Å². The molecule has 1 saturated carbocycles. The van der Waals surface area contributed by atoms with E-state index in [0.717, 1.165) is 30.9 Å². The molecule has 0 aromatic heterocycles. The lowest BCUT2D eigenvalue weighted by atomic mass is 9.53. The van der Waals surface area contributed by atoms with Crippen molar-refractivity contribution in [3.63, 3.8) is 0 Å². The van der Waals surface area contributed by atoms with Gasteiger partial charge in [0.15, 0.2) is 11.5 Å². The van der Waals surface area contributed by atoms with Crippen LogP contribution in [-0.2, 0) is 14.9 Å². The SMILES string of the molecule is COc1cc2c(cc1OC)[C@@]13CCN4CC5=CCO[C@H]6CC(=O)N2[C@H]1[C@H]6[C@H]5C[C@H]43.O.O.O.O.O.O.O. The molecule has 0 radical (unpaired) electrons. The van der Waals surface area contributed by atoms with Gasteiger partial charge in [0, 0.05) is 30.0 Å². The summed E-state index contributed by atoms with van der Waals surface area (Å²) in [5, 5.41) is 0. The molecular weight excluding hydrogens is 480 g/mol. The zero-order valence-corrected chi connectivity index (χ0v) is 20.4. The molecule has 1 aliphatic carbocycles. The molecule has 1 aromatic carbocycles. The van der Waals surface area contributed by atoms with Crippen LogP contribution < -0.4 is 14.4 Å². The number of methoxy groups -OCH3 is 2. The third kappa shape index (κ3) is 3.55. The van der Waals surface area contributed by atoms with Gasteiger partial charge in [-0.2, -0.15) is 0 Å². The maximum Gasteiger partial charge on any atom is 0.229 e. The van der Waals surface area contributed by atoms with Gasteiger partial charge in [-0.15, -0.1) is 0 Å². The predicted molar refractivity (Wildman–Crippen MR) is 132 cm³/mol. The Kier molecular flexibility index (Phi) is 10.3. The summed E-state index contributed by atoms with van der Waals surface area (Å²) < 4.78 is 17.6. The molecule has 14 N–H and O–H groups in total. The molecule has 5 heterocycles. The fourth-order valence-corrected chi connectivity index (χ4v) is 7.87. The second-order valence-corrected chi connectivity index (χ2v) is 9.48. The smallest absolute Gasteiger partial charge is 0.229 e. The first-order valence-electron chi connectivity index (χ1n) is 10.8. The molecule has 0 unspecified atom stereocenters. The number of nitrogens with zero attached hydrogens (tertiary/aromatic N) is 2. The summed E-state index contributed by atoms with van der Waals surface area (Å²) in [7, 11) is 3.36.